The van der Waals surface area contributed by atoms with Crippen LogP contribution < -0.4 is 5.73 Å². The first-order valence-electron chi connectivity index (χ1n) is 6.07. The third-order valence-electron chi connectivity index (χ3n) is 2.55. The van der Waals surface area contributed by atoms with Crippen molar-refractivity contribution >= 4 is 12.3 Å². The summed E-state index contributed by atoms with van der Waals surface area (Å²) in [5.41, 5.74) is 6.02. The average Bonchev–Trinajstić information content (AvgIpc) is 2.90. The Balaban J connectivity index is 0.000000219. The molecule has 2 rings (SSSR count). The summed E-state index contributed by atoms with van der Waals surface area (Å²) < 4.78 is 9.99. The topological polar surface area (TPSA) is 132 Å². The lowest BCUT2D eigenvalue weighted by Gasteiger charge is -2.00. The first-order valence-corrected chi connectivity index (χ1v) is 6.07. The highest BCUT2D eigenvalue weighted by Gasteiger charge is 2.21. The zero-order valence-corrected chi connectivity index (χ0v) is 12.2. The average molecular weight is 295 g/mol. The van der Waals surface area contributed by atoms with E-state index in [1.807, 2.05) is 0 Å². The SMILES string of the molecule is Cc1nc(C(N)C(=O)O)c(C)o1.Cc1nc(C=O)c(C)o1. The number of aryl methyl sites for hydroxylation is 4. The zero-order valence-electron chi connectivity index (χ0n) is 12.2. The van der Waals surface area contributed by atoms with Gasteiger partial charge in [-0.3, -0.25) is 9.59 Å². The van der Waals surface area contributed by atoms with Gasteiger partial charge in [0.25, 0.3) is 0 Å². The second kappa shape index (κ2) is 6.80. The lowest BCUT2D eigenvalue weighted by atomic mass is 10.2. The summed E-state index contributed by atoms with van der Waals surface area (Å²) in [6, 6.07) is -1.09. The van der Waals surface area contributed by atoms with Gasteiger partial charge in [0, 0.05) is 13.8 Å². The Morgan fingerprint density at radius 3 is 1.95 bits per heavy atom. The summed E-state index contributed by atoms with van der Waals surface area (Å²) in [6.45, 7) is 6.70. The van der Waals surface area contributed by atoms with Crippen molar-refractivity contribution in [2.45, 2.75) is 33.7 Å². The number of rotatable bonds is 3. The van der Waals surface area contributed by atoms with Crippen molar-refractivity contribution in [1.82, 2.24) is 9.97 Å². The van der Waals surface area contributed by atoms with Gasteiger partial charge < -0.3 is 19.7 Å². The van der Waals surface area contributed by atoms with Crippen molar-refractivity contribution in [2.24, 2.45) is 5.73 Å². The summed E-state index contributed by atoms with van der Waals surface area (Å²) in [4.78, 5) is 28.2. The van der Waals surface area contributed by atoms with E-state index in [-0.39, 0.29) is 0 Å². The number of carbonyl (C=O) groups excluding carboxylic acids is 1. The van der Waals surface area contributed by atoms with Gasteiger partial charge in [0.15, 0.2) is 18.1 Å². The number of carboxylic acids is 1. The summed E-state index contributed by atoms with van der Waals surface area (Å²) in [5, 5.41) is 8.56. The molecule has 3 N–H and O–H groups in total. The maximum absolute atomic E-state index is 10.5. The van der Waals surface area contributed by atoms with Gasteiger partial charge in [-0.25, -0.2) is 9.97 Å². The van der Waals surface area contributed by atoms with E-state index in [9.17, 15) is 9.59 Å². The van der Waals surface area contributed by atoms with Crippen molar-refractivity contribution < 1.29 is 23.5 Å². The first kappa shape index (κ1) is 16.6. The van der Waals surface area contributed by atoms with Crippen LogP contribution in [-0.4, -0.2) is 27.3 Å². The maximum Gasteiger partial charge on any atom is 0.326 e. The summed E-state index contributed by atoms with van der Waals surface area (Å²) in [6.07, 6.45) is 0.686. The molecule has 0 spiro atoms. The summed E-state index contributed by atoms with van der Waals surface area (Å²) in [7, 11) is 0. The number of oxazole rings is 2. The van der Waals surface area contributed by atoms with Crippen LogP contribution in [0.5, 0.6) is 0 Å². The molecule has 1 atom stereocenters. The molecule has 0 bridgehead atoms. The van der Waals surface area contributed by atoms with Crippen molar-refractivity contribution in [3.63, 3.8) is 0 Å². The fourth-order valence-corrected chi connectivity index (χ4v) is 1.60. The Kier molecular flexibility index (Phi) is 5.37. The van der Waals surface area contributed by atoms with Crippen LogP contribution in [-0.2, 0) is 4.79 Å². The van der Waals surface area contributed by atoms with Gasteiger partial charge in [-0.05, 0) is 13.8 Å². The minimum atomic E-state index is -1.11. The highest BCUT2D eigenvalue weighted by Crippen LogP contribution is 2.15. The molecule has 8 nitrogen and oxygen atoms in total. The standard InChI is InChI=1S/C7H10N2O3.C6H7NO2/c1-3-6(5(8)7(10)11)9-4(2)12-3;1-4-6(3-8)7-5(2)9-4/h5H,8H2,1-2H3,(H,10,11);3H,1-2H3. The Labute approximate surface area is 121 Å². The molecule has 114 valence electrons. The van der Waals surface area contributed by atoms with Crippen LogP contribution in [0.1, 0.15) is 45.5 Å². The van der Waals surface area contributed by atoms with Gasteiger partial charge in [0.05, 0.1) is 0 Å². The molecule has 0 aliphatic heterocycles. The molecule has 0 aliphatic rings. The monoisotopic (exact) mass is 295 g/mol. The molecule has 0 aliphatic carbocycles. The normalized spacial score (nSPS) is 11.5. The Morgan fingerprint density at radius 2 is 1.67 bits per heavy atom. The van der Waals surface area contributed by atoms with Gasteiger partial charge in [0.2, 0.25) is 0 Å². The Hall–Kier alpha value is -2.48. The van der Waals surface area contributed by atoms with E-state index < -0.39 is 12.0 Å². The lowest BCUT2D eigenvalue weighted by molar-refractivity contribution is -0.138. The number of nitrogens with two attached hydrogens (primary N) is 1. The van der Waals surface area contributed by atoms with Gasteiger partial charge >= 0.3 is 5.97 Å². The smallest absolute Gasteiger partial charge is 0.326 e. The molecule has 2 aromatic heterocycles. The predicted octanol–water partition coefficient (Wildman–Crippen LogP) is 1.48. The molecule has 2 aromatic rings. The number of aromatic nitrogens is 2. The highest BCUT2D eigenvalue weighted by atomic mass is 16.4. The van der Waals surface area contributed by atoms with E-state index in [4.69, 9.17) is 19.7 Å². The minimum absolute atomic E-state index is 0.292. The molecular weight excluding hydrogens is 278 g/mol. The highest BCUT2D eigenvalue weighted by molar-refractivity contribution is 5.74. The van der Waals surface area contributed by atoms with E-state index in [1.165, 1.54) is 0 Å². The zero-order chi connectivity index (χ0) is 16.2. The predicted molar refractivity (Wildman–Crippen MR) is 71.9 cm³/mol. The van der Waals surface area contributed by atoms with Gasteiger partial charge in [-0.1, -0.05) is 0 Å². The molecule has 0 amide bonds. The van der Waals surface area contributed by atoms with E-state index in [2.05, 4.69) is 9.97 Å². The first-order chi connectivity index (χ1) is 9.76. The van der Waals surface area contributed by atoms with Crippen LogP contribution >= 0.6 is 0 Å². The van der Waals surface area contributed by atoms with Crippen molar-refractivity contribution in [3.05, 3.63) is 34.7 Å². The van der Waals surface area contributed by atoms with E-state index >= 15 is 0 Å². The Bertz CT molecular complexity index is 644. The molecule has 1 unspecified atom stereocenters. The van der Waals surface area contributed by atoms with E-state index in [0.717, 1.165) is 0 Å². The largest absolute Gasteiger partial charge is 0.480 e. The number of nitrogens with zero attached hydrogens (tertiary/aromatic N) is 2. The van der Waals surface area contributed by atoms with Gasteiger partial charge in [-0.2, -0.15) is 0 Å². The quantitative estimate of drug-likeness (QED) is 0.813. The Morgan fingerprint density at radius 1 is 1.14 bits per heavy atom. The second-order valence-corrected chi connectivity index (χ2v) is 4.28. The molecule has 8 heteroatoms. The lowest BCUT2D eigenvalue weighted by Crippen LogP contribution is -2.21. The number of aldehydes is 1. The molecule has 0 saturated carbocycles. The van der Waals surface area contributed by atoms with Gasteiger partial charge in [0.1, 0.15) is 29.0 Å². The summed E-state index contributed by atoms with van der Waals surface area (Å²) in [5.74, 6) is 0.908. The van der Waals surface area contributed by atoms with Crippen LogP contribution in [0.15, 0.2) is 8.83 Å². The molecule has 0 aromatic carbocycles. The maximum atomic E-state index is 10.5. The fraction of sp³-hybridized carbons (Fsp3) is 0.385. The van der Waals surface area contributed by atoms with Gasteiger partial charge in [-0.15, -0.1) is 0 Å². The number of hydrogen-bond acceptors (Lipinski definition) is 7. The van der Waals surface area contributed by atoms with Crippen LogP contribution in [0.4, 0.5) is 0 Å². The van der Waals surface area contributed by atoms with Crippen molar-refractivity contribution in [3.8, 4) is 0 Å². The van der Waals surface area contributed by atoms with Crippen molar-refractivity contribution in [1.29, 1.82) is 0 Å². The third kappa shape index (κ3) is 4.25. The number of aliphatic carboxylic acids is 1. The summed E-state index contributed by atoms with van der Waals surface area (Å²) >= 11 is 0. The molecule has 0 fully saturated rings. The minimum Gasteiger partial charge on any atom is -0.480 e. The second-order valence-electron chi connectivity index (χ2n) is 4.28. The third-order valence-corrected chi connectivity index (χ3v) is 2.55. The molecule has 0 radical (unpaired) electrons. The molecule has 21 heavy (non-hydrogen) atoms. The van der Waals surface area contributed by atoms with E-state index in [0.29, 0.717) is 41.0 Å². The fourth-order valence-electron chi connectivity index (χ4n) is 1.60. The number of carboxylic acid groups (broad SMARTS) is 1. The molecule has 2 heterocycles. The van der Waals surface area contributed by atoms with Crippen LogP contribution in [0, 0.1) is 27.7 Å². The molecular formula is C13H17N3O5. The van der Waals surface area contributed by atoms with Crippen molar-refractivity contribution in [2.75, 3.05) is 0 Å². The molecule has 0 saturated heterocycles. The van der Waals surface area contributed by atoms with E-state index in [1.54, 1.807) is 27.7 Å². The number of carbonyl (C=O) groups is 2. The van der Waals surface area contributed by atoms with Crippen LogP contribution in [0.25, 0.3) is 0 Å². The van der Waals surface area contributed by atoms with Crippen LogP contribution in [0.2, 0.25) is 0 Å². The number of hydrogen-bond donors (Lipinski definition) is 2. The van der Waals surface area contributed by atoms with Crippen LogP contribution in [0.3, 0.4) is 0 Å².